The summed E-state index contributed by atoms with van der Waals surface area (Å²) < 4.78 is 0. The highest BCUT2D eigenvalue weighted by molar-refractivity contribution is 8.13. The molecule has 3 aromatic carbocycles. The summed E-state index contributed by atoms with van der Waals surface area (Å²) in [6.45, 7) is 0. The summed E-state index contributed by atoms with van der Waals surface area (Å²) in [6, 6.07) is 31.6. The Morgan fingerprint density at radius 3 is 1.92 bits per heavy atom. The molecule has 2 unspecified atom stereocenters. The zero-order chi connectivity index (χ0) is 17.1. The minimum Gasteiger partial charge on any atom is -1.00 e. The number of halogens is 1. The van der Waals surface area contributed by atoms with E-state index in [2.05, 4.69) is 96.1 Å². The average Bonchev–Trinajstić information content (AvgIpc) is 3.10. The van der Waals surface area contributed by atoms with Crippen molar-refractivity contribution in [2.75, 3.05) is 11.2 Å². The number of thioether (sulfide) groups is 1. The molecular weight excluding hydrogens is 362 g/mol. The molecule has 4 rings (SSSR count). The Hall–Kier alpha value is -2.27. The van der Waals surface area contributed by atoms with Crippen LogP contribution in [-0.4, -0.2) is 11.4 Å². The predicted molar refractivity (Wildman–Crippen MR) is 106 cm³/mol. The summed E-state index contributed by atoms with van der Waals surface area (Å²) >= 11 is 1.69. The molecule has 0 aromatic heterocycles. The molecule has 1 heterocycles. The summed E-state index contributed by atoms with van der Waals surface area (Å²) in [7, 11) is 0. The van der Waals surface area contributed by atoms with Gasteiger partial charge >= 0.3 is 0 Å². The van der Waals surface area contributed by atoms with Crippen LogP contribution in [0.2, 0.25) is 0 Å². The molecular formula is C21H20ClN3S. The topological polar surface area (TPSA) is 20.0 Å². The molecule has 0 saturated heterocycles. The third-order valence-corrected chi connectivity index (χ3v) is 4.99. The standard InChI is InChI=1S/C21H19N3S.ClH/c1-25-21-22-24(19-15-9-4-10-16-19)20(17-11-5-2-6-12-17)23(21)18-13-7-3-8-14-18;/h2-16,20H,1H3;1H. The van der Waals surface area contributed by atoms with E-state index >= 15 is 0 Å². The summed E-state index contributed by atoms with van der Waals surface area (Å²) in [5.41, 5.74) is 3.58. The van der Waals surface area contributed by atoms with Crippen molar-refractivity contribution >= 4 is 28.3 Å². The van der Waals surface area contributed by atoms with Crippen LogP contribution in [0.3, 0.4) is 0 Å². The Balaban J connectivity index is 0.00000196. The lowest BCUT2D eigenvalue weighted by Gasteiger charge is -2.27. The van der Waals surface area contributed by atoms with E-state index in [0.717, 1.165) is 15.9 Å². The quantitative estimate of drug-likeness (QED) is 0.732. The molecule has 0 fully saturated rings. The van der Waals surface area contributed by atoms with Gasteiger partial charge in [0.15, 0.2) is 5.69 Å². The van der Waals surface area contributed by atoms with Crippen molar-refractivity contribution in [3.63, 3.8) is 0 Å². The van der Waals surface area contributed by atoms with Gasteiger partial charge in [-0.15, -0.1) is 0 Å². The van der Waals surface area contributed by atoms with Gasteiger partial charge in [0.2, 0.25) is 11.3 Å². The third kappa shape index (κ3) is 3.49. The Morgan fingerprint density at radius 1 is 0.808 bits per heavy atom. The summed E-state index contributed by atoms with van der Waals surface area (Å²) in [5, 5.41) is 7.14. The smallest absolute Gasteiger partial charge is 0.228 e. The largest absolute Gasteiger partial charge is 1.00 e. The van der Waals surface area contributed by atoms with Gasteiger partial charge in [-0.3, -0.25) is 4.90 Å². The molecule has 1 N–H and O–H groups in total. The first kappa shape index (κ1) is 18.5. The van der Waals surface area contributed by atoms with Gasteiger partial charge < -0.3 is 12.4 Å². The maximum Gasteiger partial charge on any atom is 0.228 e. The summed E-state index contributed by atoms with van der Waals surface area (Å²) in [6.07, 6.45) is 2.17. The van der Waals surface area contributed by atoms with Crippen molar-refractivity contribution in [1.82, 2.24) is 0 Å². The lowest BCUT2D eigenvalue weighted by atomic mass is 10.1. The molecule has 0 saturated carbocycles. The number of quaternary nitrogens is 1. The van der Waals surface area contributed by atoms with Crippen molar-refractivity contribution in [3.8, 4) is 0 Å². The second kappa shape index (κ2) is 8.41. The highest BCUT2D eigenvalue weighted by Gasteiger charge is 2.42. The third-order valence-electron chi connectivity index (χ3n) is 4.34. The average molecular weight is 382 g/mol. The van der Waals surface area contributed by atoms with Crippen LogP contribution in [0.25, 0.3) is 0 Å². The van der Waals surface area contributed by atoms with Crippen molar-refractivity contribution < 1.29 is 17.4 Å². The lowest BCUT2D eigenvalue weighted by molar-refractivity contribution is -0.866. The second-order valence-corrected chi connectivity index (χ2v) is 6.64. The number of benzene rings is 3. The maximum absolute atomic E-state index is 5.01. The van der Waals surface area contributed by atoms with Gasteiger partial charge in [0, 0.05) is 23.4 Å². The van der Waals surface area contributed by atoms with Gasteiger partial charge in [-0.25, -0.2) is 0 Å². The monoisotopic (exact) mass is 381 g/mol. The van der Waals surface area contributed by atoms with Crippen molar-refractivity contribution in [3.05, 3.63) is 96.6 Å². The minimum atomic E-state index is 0. The zero-order valence-corrected chi connectivity index (χ0v) is 16.0. The number of rotatable bonds is 3. The Kier molecular flexibility index (Phi) is 5.99. The molecule has 2 atom stereocenters. The maximum atomic E-state index is 5.01. The molecule has 0 aliphatic carbocycles. The second-order valence-electron chi connectivity index (χ2n) is 5.87. The summed E-state index contributed by atoms with van der Waals surface area (Å²) in [5.74, 6) is 0. The molecule has 5 heteroatoms. The number of hydrogen-bond donors (Lipinski definition) is 1. The highest BCUT2D eigenvalue weighted by atomic mass is 35.5. The van der Waals surface area contributed by atoms with Gasteiger partial charge in [-0.2, -0.15) is 5.01 Å². The van der Waals surface area contributed by atoms with Gasteiger partial charge in [0.05, 0.1) is 0 Å². The fourth-order valence-corrected chi connectivity index (χ4v) is 3.81. The number of amidine groups is 1. The Labute approximate surface area is 164 Å². The number of hydrogen-bond acceptors (Lipinski definition) is 3. The van der Waals surface area contributed by atoms with Crippen LogP contribution in [0.15, 0.2) is 96.1 Å². The fourth-order valence-electron chi connectivity index (χ4n) is 3.22. The number of nitrogens with zero attached hydrogens (tertiary/aromatic N) is 2. The SMILES string of the molecule is CSC1=N[NH+](c2ccccc2)C(c2ccccc2)N1c1ccccc1.[Cl-]. The first-order valence-corrected chi connectivity index (χ1v) is 9.55. The van der Waals surface area contributed by atoms with E-state index in [1.807, 2.05) is 6.07 Å². The first-order chi connectivity index (χ1) is 12.4. The number of anilines is 1. The van der Waals surface area contributed by atoms with Gasteiger partial charge in [-0.05, 0) is 18.4 Å². The van der Waals surface area contributed by atoms with Crippen molar-refractivity contribution in [1.29, 1.82) is 0 Å². The number of nitrogens with one attached hydrogen (secondary N) is 1. The van der Waals surface area contributed by atoms with E-state index in [4.69, 9.17) is 5.10 Å². The van der Waals surface area contributed by atoms with E-state index in [1.165, 1.54) is 11.3 Å². The highest BCUT2D eigenvalue weighted by Crippen LogP contribution is 2.30. The van der Waals surface area contributed by atoms with Crippen LogP contribution in [0.4, 0.5) is 11.4 Å². The van der Waals surface area contributed by atoms with Crippen LogP contribution in [0.5, 0.6) is 0 Å². The molecule has 1 aliphatic heterocycles. The molecule has 26 heavy (non-hydrogen) atoms. The van der Waals surface area contributed by atoms with E-state index in [-0.39, 0.29) is 18.6 Å². The zero-order valence-electron chi connectivity index (χ0n) is 14.4. The fraction of sp³-hybridized carbons (Fsp3) is 0.0952. The molecule has 3 aromatic rings. The van der Waals surface area contributed by atoms with Gasteiger partial charge in [0.1, 0.15) is 0 Å². The van der Waals surface area contributed by atoms with Crippen LogP contribution < -0.4 is 22.3 Å². The molecule has 3 nitrogen and oxygen atoms in total. The summed E-state index contributed by atoms with van der Waals surface area (Å²) in [4.78, 5) is 2.34. The molecule has 132 valence electrons. The minimum absolute atomic E-state index is 0. The molecule has 0 amide bonds. The first-order valence-electron chi connectivity index (χ1n) is 8.32. The molecule has 1 aliphatic rings. The predicted octanol–water partition coefficient (Wildman–Crippen LogP) is 1.06. The van der Waals surface area contributed by atoms with Crippen LogP contribution in [0, 0.1) is 0 Å². The Morgan fingerprint density at radius 2 is 1.35 bits per heavy atom. The van der Waals surface area contributed by atoms with E-state index in [9.17, 15) is 0 Å². The van der Waals surface area contributed by atoms with Crippen molar-refractivity contribution in [2.45, 2.75) is 6.17 Å². The van der Waals surface area contributed by atoms with Crippen LogP contribution in [-0.2, 0) is 0 Å². The van der Waals surface area contributed by atoms with E-state index < -0.39 is 0 Å². The van der Waals surface area contributed by atoms with Crippen LogP contribution in [0.1, 0.15) is 11.7 Å². The van der Waals surface area contributed by atoms with E-state index in [1.54, 1.807) is 11.8 Å². The van der Waals surface area contributed by atoms with Gasteiger partial charge in [-0.1, -0.05) is 83.6 Å². The van der Waals surface area contributed by atoms with E-state index in [0.29, 0.717) is 0 Å². The molecule has 0 spiro atoms. The Bertz CT molecular complexity index is 856. The number of para-hydroxylation sites is 2. The van der Waals surface area contributed by atoms with Crippen LogP contribution >= 0.6 is 11.8 Å². The van der Waals surface area contributed by atoms with Gasteiger partial charge in [0.25, 0.3) is 0 Å². The molecule has 0 radical (unpaired) electrons. The van der Waals surface area contributed by atoms with Crippen molar-refractivity contribution in [2.24, 2.45) is 5.10 Å². The normalized spacial score (nSPS) is 19.0. The lowest BCUT2D eigenvalue weighted by Crippen LogP contribution is -3.02. The molecule has 0 bridgehead atoms.